The first-order valence-corrected chi connectivity index (χ1v) is 10.7. The molecular weight excluding hydrogens is 382 g/mol. The average Bonchev–Trinajstić information content (AvgIpc) is 3.18. The molecule has 0 N–H and O–H groups in total. The summed E-state index contributed by atoms with van der Waals surface area (Å²) in [5.41, 5.74) is 0.263. The zero-order valence-corrected chi connectivity index (χ0v) is 17.3. The summed E-state index contributed by atoms with van der Waals surface area (Å²) >= 11 is 0. The Labute approximate surface area is 174 Å². The number of aromatic nitrogens is 5. The van der Waals surface area contributed by atoms with Gasteiger partial charge in [-0.15, -0.1) is 5.10 Å². The molecule has 1 aromatic carbocycles. The topological polar surface area (TPSA) is 91.9 Å². The van der Waals surface area contributed by atoms with Gasteiger partial charge >= 0.3 is 0 Å². The Morgan fingerprint density at radius 3 is 2.80 bits per heavy atom. The maximum atomic E-state index is 11.9. The van der Waals surface area contributed by atoms with Crippen molar-refractivity contribution in [2.75, 3.05) is 6.61 Å². The third-order valence-electron chi connectivity index (χ3n) is 5.76. The summed E-state index contributed by atoms with van der Waals surface area (Å²) in [6.07, 6.45) is 8.06. The van der Waals surface area contributed by atoms with Crippen LogP contribution in [0.1, 0.15) is 56.1 Å². The molecule has 0 aliphatic heterocycles. The van der Waals surface area contributed by atoms with Gasteiger partial charge in [0.1, 0.15) is 5.75 Å². The first-order chi connectivity index (χ1) is 14.6. The van der Waals surface area contributed by atoms with Crippen LogP contribution in [0.25, 0.3) is 10.9 Å². The molecule has 0 saturated heterocycles. The van der Waals surface area contributed by atoms with Crippen LogP contribution in [-0.2, 0) is 13.0 Å². The highest BCUT2D eigenvalue weighted by molar-refractivity contribution is 5.90. The number of rotatable bonds is 7. The summed E-state index contributed by atoms with van der Waals surface area (Å²) < 4.78 is 9.01. The lowest BCUT2D eigenvalue weighted by Crippen LogP contribution is -2.23. The van der Waals surface area contributed by atoms with E-state index < -0.39 is 0 Å². The number of ether oxygens (including phenoxy) is 1. The van der Waals surface area contributed by atoms with Gasteiger partial charge < -0.3 is 4.74 Å². The lowest BCUT2D eigenvalue weighted by atomic mass is 9.89. The molecule has 1 aliphatic rings. The molecule has 0 amide bonds. The fourth-order valence-corrected chi connectivity index (χ4v) is 4.22. The van der Waals surface area contributed by atoms with Crippen molar-refractivity contribution in [3.05, 3.63) is 46.5 Å². The largest absolute Gasteiger partial charge is 0.494 e. The number of aryl methyl sites for hydroxylation is 1. The normalized spacial score (nSPS) is 14.8. The number of pyridine rings is 1. The van der Waals surface area contributed by atoms with Gasteiger partial charge in [-0.3, -0.25) is 9.59 Å². The van der Waals surface area contributed by atoms with Gasteiger partial charge in [-0.25, -0.2) is 9.25 Å². The minimum atomic E-state index is -0.324. The SMILES string of the molecule is CC(=O)n1c(=O)ccc2cc(OCCCc3nnnn3CC3CCCCC3)ccc21. The number of hydrogen-bond donors (Lipinski definition) is 0. The van der Waals surface area contributed by atoms with Crippen molar-refractivity contribution in [1.82, 2.24) is 24.8 Å². The predicted molar refractivity (Wildman–Crippen MR) is 113 cm³/mol. The van der Waals surface area contributed by atoms with E-state index in [0.29, 0.717) is 23.8 Å². The van der Waals surface area contributed by atoms with Gasteiger partial charge in [-0.2, -0.15) is 0 Å². The zero-order chi connectivity index (χ0) is 20.9. The summed E-state index contributed by atoms with van der Waals surface area (Å²) in [5, 5.41) is 13.0. The molecule has 1 saturated carbocycles. The van der Waals surface area contributed by atoms with Crippen LogP contribution in [0.5, 0.6) is 5.75 Å². The fraction of sp³-hybridized carbons (Fsp3) is 0.500. The Balaban J connectivity index is 1.33. The van der Waals surface area contributed by atoms with Gasteiger partial charge in [0.2, 0.25) is 5.91 Å². The fourth-order valence-electron chi connectivity index (χ4n) is 4.22. The minimum absolute atomic E-state index is 0.301. The van der Waals surface area contributed by atoms with Crippen LogP contribution < -0.4 is 10.3 Å². The quantitative estimate of drug-likeness (QED) is 0.556. The van der Waals surface area contributed by atoms with E-state index in [0.717, 1.165) is 30.6 Å². The first kappa shape index (κ1) is 20.3. The van der Waals surface area contributed by atoms with Crippen LogP contribution >= 0.6 is 0 Å². The van der Waals surface area contributed by atoms with Crippen LogP contribution in [-0.4, -0.2) is 37.3 Å². The number of hydrogen-bond acceptors (Lipinski definition) is 6. The minimum Gasteiger partial charge on any atom is -0.494 e. The molecule has 4 rings (SSSR count). The first-order valence-electron chi connectivity index (χ1n) is 10.7. The highest BCUT2D eigenvalue weighted by atomic mass is 16.5. The maximum Gasteiger partial charge on any atom is 0.257 e. The van der Waals surface area contributed by atoms with Gasteiger partial charge in [0.05, 0.1) is 12.1 Å². The van der Waals surface area contributed by atoms with Crippen molar-refractivity contribution >= 4 is 16.8 Å². The van der Waals surface area contributed by atoms with Gasteiger partial charge in [0.25, 0.3) is 5.56 Å². The van der Waals surface area contributed by atoms with Crippen molar-refractivity contribution < 1.29 is 9.53 Å². The number of nitrogens with zero attached hydrogens (tertiary/aromatic N) is 5. The molecule has 0 unspecified atom stereocenters. The van der Waals surface area contributed by atoms with E-state index in [9.17, 15) is 9.59 Å². The molecule has 158 valence electrons. The maximum absolute atomic E-state index is 11.9. The number of benzene rings is 1. The van der Waals surface area contributed by atoms with Gasteiger partial charge in [-0.05, 0) is 59.9 Å². The van der Waals surface area contributed by atoms with Crippen LogP contribution in [0, 0.1) is 5.92 Å². The monoisotopic (exact) mass is 409 g/mol. The van der Waals surface area contributed by atoms with Crippen molar-refractivity contribution in [1.29, 1.82) is 0 Å². The zero-order valence-electron chi connectivity index (χ0n) is 17.3. The molecule has 3 aromatic rings. The molecule has 0 atom stereocenters. The van der Waals surface area contributed by atoms with Crippen LogP contribution in [0.2, 0.25) is 0 Å². The van der Waals surface area contributed by atoms with E-state index in [1.807, 2.05) is 10.7 Å². The Morgan fingerprint density at radius 1 is 1.17 bits per heavy atom. The lowest BCUT2D eigenvalue weighted by molar-refractivity contribution is 0.0937. The van der Waals surface area contributed by atoms with Crippen LogP contribution in [0.3, 0.4) is 0 Å². The average molecular weight is 409 g/mol. The molecule has 1 fully saturated rings. The van der Waals surface area contributed by atoms with Crippen LogP contribution in [0.15, 0.2) is 35.1 Å². The van der Waals surface area contributed by atoms with Gasteiger partial charge in [0.15, 0.2) is 5.82 Å². The highest BCUT2D eigenvalue weighted by Gasteiger charge is 2.16. The second kappa shape index (κ2) is 9.19. The van der Waals surface area contributed by atoms with E-state index in [-0.39, 0.29) is 11.5 Å². The smallest absolute Gasteiger partial charge is 0.257 e. The van der Waals surface area contributed by atoms with E-state index in [4.69, 9.17) is 4.74 Å². The second-order valence-electron chi connectivity index (χ2n) is 7.98. The standard InChI is InChI=1S/C22H27N5O3/c1-16(28)27-20-11-10-19(14-18(20)9-12-22(27)29)30-13-5-8-21-23-24-25-26(21)15-17-6-3-2-4-7-17/h9-12,14,17H,2-8,13,15H2,1H3. The Morgan fingerprint density at radius 2 is 2.00 bits per heavy atom. The summed E-state index contributed by atoms with van der Waals surface area (Å²) in [6, 6.07) is 8.50. The number of tetrazole rings is 1. The third kappa shape index (κ3) is 4.58. The summed E-state index contributed by atoms with van der Waals surface area (Å²) in [6.45, 7) is 2.83. The second-order valence-corrected chi connectivity index (χ2v) is 7.98. The van der Waals surface area contributed by atoms with Gasteiger partial charge in [-0.1, -0.05) is 19.3 Å². The van der Waals surface area contributed by atoms with E-state index in [1.165, 1.54) is 49.7 Å². The molecule has 8 heteroatoms. The number of fused-ring (bicyclic) bond motifs is 1. The van der Waals surface area contributed by atoms with Crippen molar-refractivity contribution in [2.24, 2.45) is 5.92 Å². The number of carbonyl (C=O) groups excluding carboxylic acids is 1. The molecule has 30 heavy (non-hydrogen) atoms. The van der Waals surface area contributed by atoms with Crippen molar-refractivity contribution in [2.45, 2.75) is 58.4 Å². The molecule has 0 bridgehead atoms. The molecule has 0 spiro atoms. The van der Waals surface area contributed by atoms with Crippen molar-refractivity contribution in [3.63, 3.8) is 0 Å². The number of carbonyl (C=O) groups is 1. The summed E-state index contributed by atoms with van der Waals surface area (Å²) in [4.78, 5) is 23.7. The Kier molecular flexibility index (Phi) is 6.21. The molecule has 2 aromatic heterocycles. The van der Waals surface area contributed by atoms with E-state index >= 15 is 0 Å². The molecule has 1 aliphatic carbocycles. The highest BCUT2D eigenvalue weighted by Crippen LogP contribution is 2.25. The molecule has 8 nitrogen and oxygen atoms in total. The Hall–Kier alpha value is -3.03. The van der Waals surface area contributed by atoms with Gasteiger partial charge in [0, 0.05) is 31.3 Å². The van der Waals surface area contributed by atoms with Crippen LogP contribution in [0.4, 0.5) is 0 Å². The summed E-state index contributed by atoms with van der Waals surface area (Å²) in [7, 11) is 0. The molecule has 0 radical (unpaired) electrons. The van der Waals surface area contributed by atoms with E-state index in [2.05, 4.69) is 15.5 Å². The lowest BCUT2D eigenvalue weighted by Gasteiger charge is -2.21. The van der Waals surface area contributed by atoms with E-state index in [1.54, 1.807) is 18.2 Å². The summed E-state index contributed by atoms with van der Waals surface area (Å²) in [5.74, 6) is 2.00. The Bertz CT molecular complexity index is 1080. The predicted octanol–water partition coefficient (Wildman–Crippen LogP) is 3.24. The van der Waals surface area contributed by atoms with Crippen molar-refractivity contribution in [3.8, 4) is 5.75 Å². The third-order valence-corrected chi connectivity index (χ3v) is 5.76. The molecule has 2 heterocycles. The molecular formula is C22H27N5O3.